The summed E-state index contributed by atoms with van der Waals surface area (Å²) in [5.41, 5.74) is -0.863. The number of carbonyl (C=O) groups is 2. The van der Waals surface area contributed by atoms with Crippen molar-refractivity contribution in [2.45, 2.75) is 83.7 Å². The fraction of sp³-hybridized carbons (Fsp3) is 0.714. The Kier molecular flexibility index (Phi) is 5.54. The third kappa shape index (κ3) is 3.66. The summed E-state index contributed by atoms with van der Waals surface area (Å²) >= 11 is 0. The highest BCUT2D eigenvalue weighted by Gasteiger charge is 2.56. The second-order valence-corrected chi connectivity index (χ2v) is 9.33. The van der Waals surface area contributed by atoms with Gasteiger partial charge in [0.15, 0.2) is 5.41 Å². The van der Waals surface area contributed by atoms with Gasteiger partial charge in [0.25, 0.3) is 0 Å². The van der Waals surface area contributed by atoms with Crippen LogP contribution in [0.1, 0.15) is 66.2 Å². The van der Waals surface area contributed by atoms with Gasteiger partial charge >= 0.3 is 19.1 Å². The minimum Gasteiger partial charge on any atom is -0.480 e. The molecular formula is C21H31BO6. The van der Waals surface area contributed by atoms with Crippen LogP contribution in [0.2, 0.25) is 6.32 Å². The number of hydrogen-bond acceptors (Lipinski definition) is 4. The first-order valence-electron chi connectivity index (χ1n) is 10.2. The van der Waals surface area contributed by atoms with Crippen LogP contribution < -0.4 is 0 Å². The van der Waals surface area contributed by atoms with Gasteiger partial charge in [-0.3, -0.25) is 9.59 Å². The largest absolute Gasteiger partial charge is 0.480 e. The maximum absolute atomic E-state index is 11.9. The molecule has 0 bridgehead atoms. The van der Waals surface area contributed by atoms with Gasteiger partial charge in [-0.1, -0.05) is 18.6 Å². The van der Waals surface area contributed by atoms with E-state index in [9.17, 15) is 19.8 Å². The van der Waals surface area contributed by atoms with Crippen molar-refractivity contribution < 1.29 is 29.1 Å². The molecule has 154 valence electrons. The van der Waals surface area contributed by atoms with E-state index in [1.807, 2.05) is 27.7 Å². The zero-order valence-electron chi connectivity index (χ0n) is 17.3. The molecule has 0 aromatic heterocycles. The van der Waals surface area contributed by atoms with E-state index in [1.54, 1.807) is 0 Å². The molecule has 7 heteroatoms. The lowest BCUT2D eigenvalue weighted by atomic mass is 9.72. The predicted molar refractivity (Wildman–Crippen MR) is 106 cm³/mol. The zero-order chi connectivity index (χ0) is 20.7. The summed E-state index contributed by atoms with van der Waals surface area (Å²) in [4.78, 5) is 23.9. The average Bonchev–Trinajstić information content (AvgIpc) is 2.89. The van der Waals surface area contributed by atoms with Crippen molar-refractivity contribution in [2.75, 3.05) is 0 Å². The molecule has 28 heavy (non-hydrogen) atoms. The molecule has 1 saturated heterocycles. The first-order valence-corrected chi connectivity index (χ1v) is 10.2. The van der Waals surface area contributed by atoms with E-state index >= 15 is 0 Å². The summed E-state index contributed by atoms with van der Waals surface area (Å²) in [5.74, 6) is -2.82. The van der Waals surface area contributed by atoms with Gasteiger partial charge in [0.2, 0.25) is 0 Å². The molecule has 1 atom stereocenters. The Morgan fingerprint density at radius 2 is 1.68 bits per heavy atom. The number of allylic oxidation sites excluding steroid dienone is 3. The molecule has 3 aliphatic rings. The molecule has 0 radical (unpaired) electrons. The molecule has 0 amide bonds. The van der Waals surface area contributed by atoms with Crippen molar-refractivity contribution in [3.63, 3.8) is 0 Å². The van der Waals surface area contributed by atoms with Gasteiger partial charge in [-0.2, -0.15) is 0 Å². The first-order chi connectivity index (χ1) is 13.0. The molecule has 0 aromatic carbocycles. The van der Waals surface area contributed by atoms with Crippen molar-refractivity contribution >= 4 is 19.1 Å². The van der Waals surface area contributed by atoms with Crippen LogP contribution in [0.5, 0.6) is 0 Å². The molecule has 1 unspecified atom stereocenters. The minimum absolute atomic E-state index is 0.0361. The molecular weight excluding hydrogens is 359 g/mol. The second kappa shape index (κ2) is 7.34. The lowest BCUT2D eigenvalue weighted by Gasteiger charge is -2.32. The highest BCUT2D eigenvalue weighted by Crippen LogP contribution is 2.49. The van der Waals surface area contributed by atoms with E-state index in [1.165, 1.54) is 6.08 Å². The summed E-state index contributed by atoms with van der Waals surface area (Å²) in [6.45, 7) is 7.91. The van der Waals surface area contributed by atoms with Gasteiger partial charge in [0.05, 0.1) is 11.2 Å². The number of aliphatic carboxylic acids is 2. The van der Waals surface area contributed by atoms with Crippen LogP contribution >= 0.6 is 0 Å². The standard InChI is InChI=1S/C21H31BO6/c1-19(2)20(3,4)28-22(27-19)13-15-11-21(17(23)24,18(25)26)12-16(15)14-9-7-5-6-8-10-14/h9,12,15H,5-8,10-11,13H2,1-4H3,(H,23,24)(H,25,26). The predicted octanol–water partition coefficient (Wildman–Crippen LogP) is 4.07. The Morgan fingerprint density at radius 1 is 1.07 bits per heavy atom. The van der Waals surface area contributed by atoms with E-state index in [-0.39, 0.29) is 12.3 Å². The fourth-order valence-corrected chi connectivity index (χ4v) is 4.47. The minimum atomic E-state index is -1.88. The number of hydrogen-bond donors (Lipinski definition) is 2. The third-order valence-electron chi connectivity index (χ3n) is 6.86. The molecule has 0 saturated carbocycles. The lowest BCUT2D eigenvalue weighted by molar-refractivity contribution is -0.160. The van der Waals surface area contributed by atoms with Gasteiger partial charge in [0.1, 0.15) is 0 Å². The quantitative estimate of drug-likeness (QED) is 0.543. The van der Waals surface area contributed by atoms with Crippen LogP contribution in [0.15, 0.2) is 23.3 Å². The van der Waals surface area contributed by atoms with E-state index < -0.39 is 35.7 Å². The van der Waals surface area contributed by atoms with Crippen molar-refractivity contribution in [1.82, 2.24) is 0 Å². The highest BCUT2D eigenvalue weighted by molar-refractivity contribution is 6.45. The molecule has 1 fully saturated rings. The monoisotopic (exact) mass is 390 g/mol. The van der Waals surface area contributed by atoms with Crippen molar-refractivity contribution in [1.29, 1.82) is 0 Å². The number of carboxylic acid groups (broad SMARTS) is 2. The molecule has 3 rings (SSSR count). The van der Waals surface area contributed by atoms with Crippen LogP contribution in [0, 0.1) is 11.3 Å². The Morgan fingerprint density at radius 3 is 2.25 bits per heavy atom. The topological polar surface area (TPSA) is 93.1 Å². The molecule has 1 heterocycles. The molecule has 2 aliphatic carbocycles. The van der Waals surface area contributed by atoms with E-state index in [0.717, 1.165) is 43.3 Å². The van der Waals surface area contributed by atoms with Crippen molar-refractivity contribution in [2.24, 2.45) is 11.3 Å². The molecule has 0 spiro atoms. The van der Waals surface area contributed by atoms with Crippen molar-refractivity contribution in [3.05, 3.63) is 23.3 Å². The second-order valence-electron chi connectivity index (χ2n) is 9.33. The van der Waals surface area contributed by atoms with Gasteiger partial charge < -0.3 is 19.5 Å². The Bertz CT molecular complexity index is 690. The smallest absolute Gasteiger partial charge is 0.458 e. The average molecular weight is 390 g/mol. The summed E-state index contributed by atoms with van der Waals surface area (Å²) < 4.78 is 12.2. The zero-order valence-corrected chi connectivity index (χ0v) is 17.3. The molecule has 6 nitrogen and oxygen atoms in total. The normalized spacial score (nSPS) is 28.4. The Balaban J connectivity index is 1.91. The van der Waals surface area contributed by atoms with E-state index in [2.05, 4.69) is 6.08 Å². The van der Waals surface area contributed by atoms with Gasteiger partial charge in [-0.05, 0) is 83.2 Å². The summed E-state index contributed by atoms with van der Waals surface area (Å²) in [6, 6.07) is 0. The molecule has 2 N–H and O–H groups in total. The van der Waals surface area contributed by atoms with E-state index in [0.29, 0.717) is 6.32 Å². The maximum atomic E-state index is 11.9. The fourth-order valence-electron chi connectivity index (χ4n) is 4.47. The lowest BCUT2D eigenvalue weighted by Crippen LogP contribution is -2.41. The van der Waals surface area contributed by atoms with Crippen LogP contribution in [-0.2, 0) is 18.9 Å². The van der Waals surface area contributed by atoms with Crippen LogP contribution in [0.4, 0.5) is 0 Å². The van der Waals surface area contributed by atoms with Gasteiger partial charge in [0, 0.05) is 0 Å². The van der Waals surface area contributed by atoms with Gasteiger partial charge in [-0.25, -0.2) is 0 Å². The summed E-state index contributed by atoms with van der Waals surface area (Å²) in [7, 11) is -0.483. The highest BCUT2D eigenvalue weighted by atomic mass is 16.7. The van der Waals surface area contributed by atoms with E-state index in [4.69, 9.17) is 9.31 Å². The number of rotatable bonds is 5. The Hall–Kier alpha value is -1.60. The SMILES string of the molecule is CC1(C)OB(CC2CC(C(=O)O)(C(=O)O)C=C2C2=CCCCCC2)OC1(C)C. The summed E-state index contributed by atoms with van der Waals surface area (Å²) in [5, 5.41) is 19.5. The third-order valence-corrected chi connectivity index (χ3v) is 6.86. The maximum Gasteiger partial charge on any atom is 0.458 e. The van der Waals surface area contributed by atoms with Crippen LogP contribution in [0.3, 0.4) is 0 Å². The summed E-state index contributed by atoms with van der Waals surface area (Å²) in [6.07, 6.45) is 9.25. The molecule has 1 aliphatic heterocycles. The molecule has 0 aromatic rings. The Labute approximate surface area is 167 Å². The van der Waals surface area contributed by atoms with Crippen LogP contribution in [-0.4, -0.2) is 40.5 Å². The van der Waals surface area contributed by atoms with Gasteiger partial charge in [-0.15, -0.1) is 0 Å². The first kappa shape index (κ1) is 21.1. The van der Waals surface area contributed by atoms with Crippen molar-refractivity contribution in [3.8, 4) is 0 Å². The number of carboxylic acids is 2. The van der Waals surface area contributed by atoms with Crippen LogP contribution in [0.25, 0.3) is 0 Å².